The smallest absolute Gasteiger partial charge is 0.244 e. The van der Waals surface area contributed by atoms with Crippen molar-refractivity contribution in [2.24, 2.45) is 0 Å². The second-order valence-corrected chi connectivity index (χ2v) is 7.47. The number of benzene rings is 2. The van der Waals surface area contributed by atoms with E-state index in [9.17, 15) is 9.59 Å². The van der Waals surface area contributed by atoms with Crippen molar-refractivity contribution in [1.29, 1.82) is 0 Å². The number of aromatic nitrogens is 2. The standard InChI is InChI=1S/C23H25N5O2/c1-17(22(30)27-12-14-28(15-13-27)23-24-10-5-11-25-23)26-21(29)16-19-8-4-7-18-6-2-3-9-20(18)19/h2-11,17H,12-16H2,1H3,(H,26,29). The van der Waals surface area contributed by atoms with Crippen molar-refractivity contribution in [2.45, 2.75) is 19.4 Å². The van der Waals surface area contributed by atoms with Gasteiger partial charge in [0.2, 0.25) is 17.8 Å². The van der Waals surface area contributed by atoms with Crippen molar-refractivity contribution >= 4 is 28.5 Å². The number of hydrogen-bond acceptors (Lipinski definition) is 5. The predicted octanol–water partition coefficient (Wildman–Crippen LogP) is 2.03. The van der Waals surface area contributed by atoms with E-state index >= 15 is 0 Å². The van der Waals surface area contributed by atoms with Crippen LogP contribution in [0.15, 0.2) is 60.9 Å². The summed E-state index contributed by atoms with van der Waals surface area (Å²) in [7, 11) is 0. The number of hydrogen-bond donors (Lipinski definition) is 1. The first-order valence-corrected chi connectivity index (χ1v) is 10.2. The minimum absolute atomic E-state index is 0.0603. The highest BCUT2D eigenvalue weighted by atomic mass is 16.2. The summed E-state index contributed by atoms with van der Waals surface area (Å²) in [5, 5.41) is 5.03. The molecule has 1 aromatic heterocycles. The van der Waals surface area contributed by atoms with Gasteiger partial charge in [-0.2, -0.15) is 0 Å². The van der Waals surface area contributed by atoms with E-state index in [2.05, 4.69) is 20.2 Å². The topological polar surface area (TPSA) is 78.4 Å². The van der Waals surface area contributed by atoms with Crippen LogP contribution in [0.5, 0.6) is 0 Å². The van der Waals surface area contributed by atoms with E-state index in [1.165, 1.54) is 0 Å². The van der Waals surface area contributed by atoms with Crippen LogP contribution < -0.4 is 10.2 Å². The van der Waals surface area contributed by atoms with Crippen molar-refractivity contribution in [2.75, 3.05) is 31.1 Å². The molecule has 0 bridgehead atoms. The molecule has 2 aromatic carbocycles. The van der Waals surface area contributed by atoms with Crippen LogP contribution in [0.2, 0.25) is 0 Å². The van der Waals surface area contributed by atoms with E-state index in [1.807, 2.05) is 42.5 Å². The Hall–Kier alpha value is -3.48. The first kappa shape index (κ1) is 19.8. The van der Waals surface area contributed by atoms with Gasteiger partial charge in [-0.25, -0.2) is 9.97 Å². The quantitative estimate of drug-likeness (QED) is 0.705. The lowest BCUT2D eigenvalue weighted by atomic mass is 10.0. The van der Waals surface area contributed by atoms with Gasteiger partial charge in [0.25, 0.3) is 0 Å². The van der Waals surface area contributed by atoms with Crippen LogP contribution in [0.25, 0.3) is 10.8 Å². The summed E-state index contributed by atoms with van der Waals surface area (Å²) in [4.78, 5) is 37.8. The lowest BCUT2D eigenvalue weighted by Gasteiger charge is -2.35. The number of anilines is 1. The molecule has 2 heterocycles. The largest absolute Gasteiger partial charge is 0.344 e. The van der Waals surface area contributed by atoms with Crippen LogP contribution in [-0.2, 0) is 16.0 Å². The van der Waals surface area contributed by atoms with E-state index in [0.717, 1.165) is 16.3 Å². The van der Waals surface area contributed by atoms with Gasteiger partial charge in [0.1, 0.15) is 6.04 Å². The Morgan fingerprint density at radius 2 is 1.67 bits per heavy atom. The molecule has 0 radical (unpaired) electrons. The number of carbonyl (C=O) groups is 2. The van der Waals surface area contributed by atoms with Crippen LogP contribution in [0.4, 0.5) is 5.95 Å². The van der Waals surface area contributed by atoms with Crippen molar-refractivity contribution in [3.63, 3.8) is 0 Å². The molecule has 1 saturated heterocycles. The van der Waals surface area contributed by atoms with Crippen LogP contribution in [0.3, 0.4) is 0 Å². The highest BCUT2D eigenvalue weighted by Gasteiger charge is 2.26. The van der Waals surface area contributed by atoms with Crippen LogP contribution in [0.1, 0.15) is 12.5 Å². The average molecular weight is 403 g/mol. The summed E-state index contributed by atoms with van der Waals surface area (Å²) in [6.45, 7) is 4.26. The monoisotopic (exact) mass is 403 g/mol. The fourth-order valence-corrected chi connectivity index (χ4v) is 3.83. The van der Waals surface area contributed by atoms with Crippen molar-refractivity contribution in [3.05, 3.63) is 66.5 Å². The zero-order valence-corrected chi connectivity index (χ0v) is 17.0. The molecule has 0 spiro atoms. The molecule has 1 unspecified atom stereocenters. The maximum atomic E-state index is 12.8. The molecule has 1 aliphatic rings. The molecule has 1 atom stereocenters. The number of amides is 2. The third-order valence-corrected chi connectivity index (χ3v) is 5.41. The van der Waals surface area contributed by atoms with E-state index in [0.29, 0.717) is 32.1 Å². The van der Waals surface area contributed by atoms with Gasteiger partial charge in [0.15, 0.2) is 0 Å². The van der Waals surface area contributed by atoms with Gasteiger partial charge in [0, 0.05) is 38.6 Å². The Morgan fingerprint density at radius 3 is 2.43 bits per heavy atom. The second kappa shape index (κ2) is 8.90. The highest BCUT2D eigenvalue weighted by molar-refractivity contribution is 5.92. The number of carbonyl (C=O) groups excluding carboxylic acids is 2. The lowest BCUT2D eigenvalue weighted by Crippen LogP contribution is -2.54. The molecule has 7 heteroatoms. The third kappa shape index (κ3) is 4.40. The molecular formula is C23H25N5O2. The lowest BCUT2D eigenvalue weighted by molar-refractivity contribution is -0.136. The van der Waals surface area contributed by atoms with E-state index in [-0.39, 0.29) is 18.2 Å². The molecule has 154 valence electrons. The molecule has 30 heavy (non-hydrogen) atoms. The Balaban J connectivity index is 1.32. The predicted molar refractivity (Wildman–Crippen MR) is 116 cm³/mol. The van der Waals surface area contributed by atoms with E-state index in [1.54, 1.807) is 30.3 Å². The Labute approximate surface area is 175 Å². The third-order valence-electron chi connectivity index (χ3n) is 5.41. The highest BCUT2D eigenvalue weighted by Crippen LogP contribution is 2.19. The molecule has 1 fully saturated rings. The molecular weight excluding hydrogens is 378 g/mol. The molecule has 3 aromatic rings. The number of fused-ring (bicyclic) bond motifs is 1. The van der Waals surface area contributed by atoms with Crippen molar-refractivity contribution < 1.29 is 9.59 Å². The maximum absolute atomic E-state index is 12.8. The Bertz CT molecular complexity index is 1030. The number of nitrogens with one attached hydrogen (secondary N) is 1. The van der Waals surface area contributed by atoms with Crippen molar-refractivity contribution in [3.8, 4) is 0 Å². The van der Waals surface area contributed by atoms with Crippen molar-refractivity contribution in [1.82, 2.24) is 20.2 Å². The Kier molecular flexibility index (Phi) is 5.88. The maximum Gasteiger partial charge on any atom is 0.244 e. The summed E-state index contributed by atoms with van der Waals surface area (Å²) >= 11 is 0. The summed E-state index contributed by atoms with van der Waals surface area (Å²) < 4.78 is 0. The summed E-state index contributed by atoms with van der Waals surface area (Å²) in [6.07, 6.45) is 3.68. The van der Waals surface area contributed by atoms with Gasteiger partial charge >= 0.3 is 0 Å². The summed E-state index contributed by atoms with van der Waals surface area (Å²) in [6, 6.07) is 15.2. The number of rotatable bonds is 5. The SMILES string of the molecule is CC(NC(=O)Cc1cccc2ccccc12)C(=O)N1CCN(c2ncccn2)CC1. The van der Waals surface area contributed by atoms with Gasteiger partial charge in [-0.15, -0.1) is 0 Å². The zero-order chi connectivity index (χ0) is 20.9. The van der Waals surface area contributed by atoms with Gasteiger partial charge < -0.3 is 15.1 Å². The number of nitrogens with zero attached hydrogens (tertiary/aromatic N) is 4. The fraction of sp³-hybridized carbons (Fsp3) is 0.304. The summed E-state index contributed by atoms with van der Waals surface area (Å²) in [5.41, 5.74) is 0.960. The normalized spacial score (nSPS) is 15.1. The Morgan fingerprint density at radius 1 is 0.967 bits per heavy atom. The molecule has 4 rings (SSSR count). The first-order valence-electron chi connectivity index (χ1n) is 10.2. The molecule has 1 N–H and O–H groups in total. The molecule has 0 aliphatic carbocycles. The zero-order valence-electron chi connectivity index (χ0n) is 17.0. The van der Waals surface area contributed by atoms with E-state index in [4.69, 9.17) is 0 Å². The van der Waals surface area contributed by atoms with E-state index < -0.39 is 6.04 Å². The van der Waals surface area contributed by atoms with Crippen LogP contribution in [-0.4, -0.2) is 58.9 Å². The van der Waals surface area contributed by atoms with Gasteiger partial charge in [-0.1, -0.05) is 42.5 Å². The second-order valence-electron chi connectivity index (χ2n) is 7.47. The number of piperazine rings is 1. The minimum atomic E-state index is -0.563. The van der Waals surface area contributed by atoms with Gasteiger partial charge in [0.05, 0.1) is 6.42 Å². The van der Waals surface area contributed by atoms with Gasteiger partial charge in [-0.05, 0) is 29.3 Å². The molecule has 7 nitrogen and oxygen atoms in total. The minimum Gasteiger partial charge on any atom is -0.344 e. The molecule has 2 amide bonds. The summed E-state index contributed by atoms with van der Waals surface area (Å²) in [5.74, 6) is 0.472. The average Bonchev–Trinajstić information content (AvgIpc) is 2.79. The van der Waals surface area contributed by atoms with Gasteiger partial charge in [-0.3, -0.25) is 9.59 Å². The first-order chi connectivity index (χ1) is 14.6. The van der Waals surface area contributed by atoms with Crippen LogP contribution >= 0.6 is 0 Å². The molecule has 0 saturated carbocycles. The van der Waals surface area contributed by atoms with Crippen LogP contribution in [0, 0.1) is 0 Å². The molecule has 1 aliphatic heterocycles. The fourth-order valence-electron chi connectivity index (χ4n) is 3.83.